The Labute approximate surface area is 118 Å². The second kappa shape index (κ2) is 6.65. The molecule has 0 aliphatic carbocycles. The summed E-state index contributed by atoms with van der Waals surface area (Å²) in [5.74, 6) is -0.0588. The molecule has 110 valence electrons. The summed E-state index contributed by atoms with van der Waals surface area (Å²) >= 11 is 0. The van der Waals surface area contributed by atoms with Crippen molar-refractivity contribution in [1.29, 1.82) is 0 Å². The largest absolute Gasteiger partial charge is 0.376 e. The van der Waals surface area contributed by atoms with Gasteiger partial charge in [-0.2, -0.15) is 0 Å². The minimum absolute atomic E-state index is 0.0745. The van der Waals surface area contributed by atoms with Crippen LogP contribution in [-0.4, -0.2) is 41.7 Å². The van der Waals surface area contributed by atoms with Crippen LogP contribution in [0.25, 0.3) is 0 Å². The summed E-state index contributed by atoms with van der Waals surface area (Å²) in [5, 5.41) is 2.55. The average molecular weight is 281 g/mol. The van der Waals surface area contributed by atoms with Gasteiger partial charge in [0, 0.05) is 25.9 Å². The van der Waals surface area contributed by atoms with Crippen molar-refractivity contribution in [2.75, 3.05) is 25.0 Å². The highest BCUT2D eigenvalue weighted by atomic mass is 19.1. The zero-order valence-corrected chi connectivity index (χ0v) is 11.8. The predicted molar refractivity (Wildman–Crippen MR) is 74.0 cm³/mol. The molecule has 0 bridgehead atoms. The maximum Gasteiger partial charge on any atom is 0.322 e. The number of pyridine rings is 1. The Hall–Kier alpha value is -1.69. The summed E-state index contributed by atoms with van der Waals surface area (Å²) in [6.45, 7) is 6.04. The van der Waals surface area contributed by atoms with Gasteiger partial charge >= 0.3 is 6.03 Å². The minimum Gasteiger partial charge on any atom is -0.376 e. The number of carbonyl (C=O) groups excluding carboxylic acids is 1. The lowest BCUT2D eigenvalue weighted by molar-refractivity contribution is 0.0440. The minimum atomic E-state index is -0.535. The maximum absolute atomic E-state index is 13.4. The summed E-state index contributed by atoms with van der Waals surface area (Å²) < 4.78 is 19.1. The maximum atomic E-state index is 13.4. The van der Waals surface area contributed by atoms with Crippen LogP contribution in [0.2, 0.25) is 0 Å². The molecular formula is C14H20FN3O2. The Bertz CT molecular complexity index is 467. The van der Waals surface area contributed by atoms with E-state index in [-0.39, 0.29) is 17.8 Å². The molecule has 1 unspecified atom stereocenters. The van der Waals surface area contributed by atoms with Gasteiger partial charge in [0.25, 0.3) is 0 Å². The van der Waals surface area contributed by atoms with Crippen LogP contribution in [-0.2, 0) is 4.74 Å². The second-order valence-corrected chi connectivity index (χ2v) is 5.37. The van der Waals surface area contributed by atoms with E-state index in [1.54, 1.807) is 4.90 Å². The van der Waals surface area contributed by atoms with Gasteiger partial charge in [-0.3, -0.25) is 4.98 Å². The predicted octanol–water partition coefficient (Wildman–Crippen LogP) is 2.50. The smallest absolute Gasteiger partial charge is 0.322 e. The number of hydrogen-bond donors (Lipinski definition) is 1. The van der Waals surface area contributed by atoms with E-state index in [0.29, 0.717) is 25.6 Å². The second-order valence-electron chi connectivity index (χ2n) is 5.37. The molecule has 0 radical (unpaired) electrons. The number of halogens is 1. The molecule has 6 heteroatoms. The number of hydrogen-bond acceptors (Lipinski definition) is 3. The monoisotopic (exact) mass is 281 g/mol. The van der Waals surface area contributed by atoms with E-state index < -0.39 is 5.82 Å². The Kier molecular flexibility index (Phi) is 4.89. The Morgan fingerprint density at radius 3 is 3.15 bits per heavy atom. The molecule has 1 saturated heterocycles. The first-order chi connectivity index (χ1) is 9.56. The zero-order valence-electron chi connectivity index (χ0n) is 11.8. The van der Waals surface area contributed by atoms with E-state index in [4.69, 9.17) is 4.74 Å². The van der Waals surface area contributed by atoms with Crippen LogP contribution in [0.3, 0.4) is 0 Å². The molecule has 0 saturated carbocycles. The number of nitrogens with one attached hydrogen (secondary N) is 1. The fraction of sp³-hybridized carbons (Fsp3) is 0.571. The van der Waals surface area contributed by atoms with Gasteiger partial charge in [-0.15, -0.1) is 0 Å². The van der Waals surface area contributed by atoms with Crippen molar-refractivity contribution in [1.82, 2.24) is 9.88 Å². The van der Waals surface area contributed by atoms with Crippen LogP contribution in [0.1, 0.15) is 20.3 Å². The molecule has 1 N–H and O–H groups in total. The molecule has 0 aromatic carbocycles. The first-order valence-corrected chi connectivity index (χ1v) is 6.83. The molecule has 2 rings (SSSR count). The molecular weight excluding hydrogens is 261 g/mol. The number of nitrogens with zero attached hydrogens (tertiary/aromatic N) is 2. The molecule has 1 aromatic heterocycles. The molecule has 1 aliphatic heterocycles. The van der Waals surface area contributed by atoms with Crippen molar-refractivity contribution in [3.8, 4) is 0 Å². The number of carbonyl (C=O) groups is 1. The number of likely N-dealkylation sites (tertiary alicyclic amines) is 1. The third-order valence-corrected chi connectivity index (χ3v) is 3.11. The molecule has 1 fully saturated rings. The summed E-state index contributed by atoms with van der Waals surface area (Å²) in [5.41, 5.74) is 0.150. The first-order valence-electron chi connectivity index (χ1n) is 6.83. The van der Waals surface area contributed by atoms with E-state index >= 15 is 0 Å². The van der Waals surface area contributed by atoms with Gasteiger partial charge in [-0.25, -0.2) is 9.18 Å². The van der Waals surface area contributed by atoms with Gasteiger partial charge in [0.2, 0.25) is 0 Å². The zero-order chi connectivity index (χ0) is 14.5. The Morgan fingerprint density at radius 1 is 1.65 bits per heavy atom. The molecule has 1 atom stereocenters. The average Bonchev–Trinajstić information content (AvgIpc) is 2.88. The van der Waals surface area contributed by atoms with E-state index in [1.165, 1.54) is 12.3 Å². The summed E-state index contributed by atoms with van der Waals surface area (Å²) in [6.07, 6.45) is 3.41. The normalized spacial score (nSPS) is 18.6. The number of rotatable bonds is 4. The highest BCUT2D eigenvalue weighted by Crippen LogP contribution is 2.17. The Morgan fingerprint density at radius 2 is 2.45 bits per heavy atom. The lowest BCUT2D eigenvalue weighted by atomic mass is 10.2. The third kappa shape index (κ3) is 3.90. The number of amides is 2. The van der Waals surface area contributed by atoms with Crippen molar-refractivity contribution in [2.45, 2.75) is 26.4 Å². The van der Waals surface area contributed by atoms with Crippen LogP contribution in [0.4, 0.5) is 14.9 Å². The van der Waals surface area contributed by atoms with Crippen LogP contribution in [0, 0.1) is 11.7 Å². The SMILES string of the molecule is CC(C)COC1CCN(C(=O)Nc2ccncc2F)C1. The highest BCUT2D eigenvalue weighted by molar-refractivity contribution is 5.89. The van der Waals surface area contributed by atoms with Gasteiger partial charge < -0.3 is 15.0 Å². The van der Waals surface area contributed by atoms with Crippen LogP contribution in [0.5, 0.6) is 0 Å². The number of urea groups is 1. The van der Waals surface area contributed by atoms with E-state index in [2.05, 4.69) is 24.1 Å². The summed E-state index contributed by atoms with van der Waals surface area (Å²) in [4.78, 5) is 17.3. The highest BCUT2D eigenvalue weighted by Gasteiger charge is 2.27. The van der Waals surface area contributed by atoms with Crippen molar-refractivity contribution in [3.05, 3.63) is 24.3 Å². The Balaban J connectivity index is 1.84. The fourth-order valence-corrected chi connectivity index (χ4v) is 2.05. The summed E-state index contributed by atoms with van der Waals surface area (Å²) in [7, 11) is 0. The molecule has 1 aromatic rings. The van der Waals surface area contributed by atoms with Crippen molar-refractivity contribution in [3.63, 3.8) is 0 Å². The van der Waals surface area contributed by atoms with Crippen molar-refractivity contribution >= 4 is 11.7 Å². The van der Waals surface area contributed by atoms with Gasteiger partial charge in [-0.05, 0) is 18.4 Å². The van der Waals surface area contributed by atoms with E-state index in [1.807, 2.05) is 0 Å². The lowest BCUT2D eigenvalue weighted by Crippen LogP contribution is -2.34. The quantitative estimate of drug-likeness (QED) is 0.922. The topological polar surface area (TPSA) is 54.5 Å². The van der Waals surface area contributed by atoms with Crippen LogP contribution in [0.15, 0.2) is 18.5 Å². The third-order valence-electron chi connectivity index (χ3n) is 3.11. The summed E-state index contributed by atoms with van der Waals surface area (Å²) in [6, 6.07) is 1.14. The molecule has 5 nitrogen and oxygen atoms in total. The van der Waals surface area contributed by atoms with Gasteiger partial charge in [0.1, 0.15) is 0 Å². The molecule has 2 heterocycles. The molecule has 2 amide bonds. The molecule has 1 aliphatic rings. The molecule has 20 heavy (non-hydrogen) atoms. The van der Waals surface area contributed by atoms with E-state index in [0.717, 1.165) is 12.6 Å². The van der Waals surface area contributed by atoms with Crippen molar-refractivity contribution in [2.24, 2.45) is 5.92 Å². The van der Waals surface area contributed by atoms with Gasteiger partial charge in [0.15, 0.2) is 5.82 Å². The number of anilines is 1. The van der Waals surface area contributed by atoms with Crippen LogP contribution >= 0.6 is 0 Å². The number of aromatic nitrogens is 1. The van der Waals surface area contributed by atoms with Crippen LogP contribution < -0.4 is 5.32 Å². The van der Waals surface area contributed by atoms with Crippen molar-refractivity contribution < 1.29 is 13.9 Å². The first kappa shape index (κ1) is 14.7. The van der Waals surface area contributed by atoms with E-state index in [9.17, 15) is 9.18 Å². The van der Waals surface area contributed by atoms with Gasteiger partial charge in [0.05, 0.1) is 18.0 Å². The standard InChI is InChI=1S/C14H20FN3O2/c1-10(2)9-20-11-4-6-18(8-11)14(19)17-13-3-5-16-7-12(13)15/h3,5,7,10-11H,4,6,8-9H2,1-2H3,(H,16,17,19). The fourth-order valence-electron chi connectivity index (χ4n) is 2.05. The number of ether oxygens (including phenoxy) is 1. The molecule has 0 spiro atoms. The lowest BCUT2D eigenvalue weighted by Gasteiger charge is -2.18. The van der Waals surface area contributed by atoms with Gasteiger partial charge in [-0.1, -0.05) is 13.8 Å².